The normalized spacial score (nSPS) is 11.3. The van der Waals surface area contributed by atoms with Crippen LogP contribution in [0.25, 0.3) is 6.08 Å². The minimum atomic E-state index is -1.60. The summed E-state index contributed by atoms with van der Waals surface area (Å²) in [6.07, 6.45) is 0.877. The summed E-state index contributed by atoms with van der Waals surface area (Å²) in [7, 11) is 0. The van der Waals surface area contributed by atoms with Gasteiger partial charge >= 0.3 is 5.97 Å². The lowest BCUT2D eigenvalue weighted by Gasteiger charge is -1.93. The Labute approximate surface area is 73.8 Å². The second kappa shape index (κ2) is 3.71. The Morgan fingerprint density at radius 2 is 1.85 bits per heavy atom. The van der Waals surface area contributed by atoms with Crippen molar-refractivity contribution in [2.75, 3.05) is 0 Å². The predicted octanol–water partition coefficient (Wildman–Crippen LogP) is 1.79. The van der Waals surface area contributed by atoms with Crippen molar-refractivity contribution in [2.24, 2.45) is 0 Å². The zero-order valence-corrected chi connectivity index (χ0v) is 6.57. The first-order valence-electron chi connectivity index (χ1n) is 3.49. The number of aromatic hydroxyl groups is 1. The molecule has 0 saturated heterocycles. The van der Waals surface area contributed by atoms with Crippen LogP contribution >= 0.6 is 0 Å². The number of carboxylic acid groups (broad SMARTS) is 1. The lowest BCUT2D eigenvalue weighted by molar-refractivity contribution is -0.134. The number of hydrogen-bond acceptors (Lipinski definition) is 2. The van der Waals surface area contributed by atoms with E-state index >= 15 is 0 Å². The molecule has 0 aliphatic carbocycles. The number of hydrogen-bond donors (Lipinski definition) is 2. The molecule has 0 bridgehead atoms. The molecule has 0 unspecified atom stereocenters. The number of rotatable bonds is 2. The molecule has 2 N–H and O–H groups in total. The second-order valence-electron chi connectivity index (χ2n) is 2.39. The van der Waals surface area contributed by atoms with Crippen molar-refractivity contribution < 1.29 is 19.4 Å². The average Bonchev–Trinajstić information content (AvgIpc) is 2.08. The van der Waals surface area contributed by atoms with Crippen molar-refractivity contribution in [2.45, 2.75) is 0 Å². The van der Waals surface area contributed by atoms with Gasteiger partial charge in [0.1, 0.15) is 5.75 Å². The van der Waals surface area contributed by atoms with Gasteiger partial charge in [0, 0.05) is 0 Å². The van der Waals surface area contributed by atoms with Gasteiger partial charge in [-0.2, -0.15) is 4.39 Å². The second-order valence-corrected chi connectivity index (χ2v) is 2.39. The lowest BCUT2D eigenvalue weighted by atomic mass is 10.2. The predicted molar refractivity (Wildman–Crippen MR) is 44.8 cm³/mol. The van der Waals surface area contributed by atoms with Crippen LogP contribution in [0.15, 0.2) is 30.1 Å². The first kappa shape index (κ1) is 9.25. The van der Waals surface area contributed by atoms with E-state index in [4.69, 9.17) is 10.2 Å². The molecule has 0 atom stereocenters. The Hall–Kier alpha value is -1.84. The van der Waals surface area contributed by atoms with E-state index in [1.54, 1.807) is 0 Å². The van der Waals surface area contributed by atoms with Crippen LogP contribution < -0.4 is 0 Å². The molecule has 1 rings (SSSR count). The molecule has 0 spiro atoms. The molecule has 0 aliphatic rings. The van der Waals surface area contributed by atoms with Crippen LogP contribution in [0.4, 0.5) is 4.39 Å². The van der Waals surface area contributed by atoms with E-state index in [1.165, 1.54) is 24.3 Å². The SMILES string of the molecule is O=C(O)/C(F)=C/c1ccc(O)cc1. The molecule has 0 fully saturated rings. The Morgan fingerprint density at radius 3 is 2.31 bits per heavy atom. The van der Waals surface area contributed by atoms with Gasteiger partial charge in [0.2, 0.25) is 5.83 Å². The minimum Gasteiger partial charge on any atom is -0.508 e. The molecular weight excluding hydrogens is 175 g/mol. The molecule has 1 aromatic rings. The molecule has 1 aromatic carbocycles. The Kier molecular flexibility index (Phi) is 2.64. The van der Waals surface area contributed by atoms with E-state index in [1.807, 2.05) is 0 Å². The van der Waals surface area contributed by atoms with Crippen LogP contribution in [-0.2, 0) is 4.79 Å². The number of phenols is 1. The molecule has 0 heterocycles. The largest absolute Gasteiger partial charge is 0.508 e. The van der Waals surface area contributed by atoms with Gasteiger partial charge in [-0.3, -0.25) is 0 Å². The van der Waals surface area contributed by atoms with Gasteiger partial charge in [-0.25, -0.2) is 4.79 Å². The van der Waals surface area contributed by atoms with Crippen LogP contribution in [0.3, 0.4) is 0 Å². The van der Waals surface area contributed by atoms with E-state index in [-0.39, 0.29) is 5.75 Å². The smallest absolute Gasteiger partial charge is 0.364 e. The van der Waals surface area contributed by atoms with Gasteiger partial charge in [0.05, 0.1) is 0 Å². The maximum atomic E-state index is 12.5. The summed E-state index contributed by atoms with van der Waals surface area (Å²) in [5.74, 6) is -2.79. The first-order valence-corrected chi connectivity index (χ1v) is 3.49. The van der Waals surface area contributed by atoms with E-state index in [0.29, 0.717) is 5.56 Å². The van der Waals surface area contributed by atoms with Crippen molar-refractivity contribution in [3.8, 4) is 5.75 Å². The highest BCUT2D eigenvalue weighted by Crippen LogP contribution is 2.13. The fraction of sp³-hybridized carbons (Fsp3) is 0. The van der Waals surface area contributed by atoms with Crippen molar-refractivity contribution in [3.05, 3.63) is 35.7 Å². The van der Waals surface area contributed by atoms with Crippen LogP contribution in [-0.4, -0.2) is 16.2 Å². The van der Waals surface area contributed by atoms with Gasteiger partial charge in [-0.05, 0) is 23.8 Å². The summed E-state index contributed by atoms with van der Waals surface area (Å²) in [4.78, 5) is 10.1. The van der Waals surface area contributed by atoms with E-state index in [2.05, 4.69) is 0 Å². The molecule has 13 heavy (non-hydrogen) atoms. The van der Waals surface area contributed by atoms with Crippen LogP contribution in [0.2, 0.25) is 0 Å². The monoisotopic (exact) mass is 182 g/mol. The summed E-state index contributed by atoms with van der Waals surface area (Å²) in [5.41, 5.74) is 0.387. The van der Waals surface area contributed by atoms with Gasteiger partial charge in [-0.1, -0.05) is 12.1 Å². The minimum absolute atomic E-state index is 0.0490. The zero-order chi connectivity index (χ0) is 9.84. The number of carboxylic acids is 1. The van der Waals surface area contributed by atoms with E-state index < -0.39 is 11.8 Å². The third-order valence-electron chi connectivity index (χ3n) is 1.39. The van der Waals surface area contributed by atoms with E-state index in [0.717, 1.165) is 6.08 Å². The summed E-state index contributed by atoms with van der Waals surface area (Å²) >= 11 is 0. The van der Waals surface area contributed by atoms with Gasteiger partial charge in [0.25, 0.3) is 0 Å². The topological polar surface area (TPSA) is 57.5 Å². The molecule has 4 heteroatoms. The van der Waals surface area contributed by atoms with Crippen molar-refractivity contribution >= 4 is 12.0 Å². The molecule has 68 valence electrons. The number of carbonyl (C=O) groups is 1. The molecular formula is C9H7FO3. The zero-order valence-electron chi connectivity index (χ0n) is 6.57. The number of phenolic OH excluding ortho intramolecular Hbond substituents is 1. The molecule has 0 amide bonds. The van der Waals surface area contributed by atoms with Crippen LogP contribution in [0.5, 0.6) is 5.75 Å². The van der Waals surface area contributed by atoms with E-state index in [9.17, 15) is 9.18 Å². The maximum absolute atomic E-state index is 12.5. The summed E-state index contributed by atoms with van der Waals surface area (Å²) < 4.78 is 12.5. The highest BCUT2D eigenvalue weighted by molar-refractivity contribution is 5.89. The Bertz CT molecular complexity index is 340. The van der Waals surface area contributed by atoms with Crippen LogP contribution in [0, 0.1) is 0 Å². The molecule has 0 saturated carbocycles. The highest BCUT2D eigenvalue weighted by atomic mass is 19.1. The quantitative estimate of drug-likeness (QED) is 0.685. The fourth-order valence-corrected chi connectivity index (χ4v) is 0.779. The molecule has 0 aliphatic heterocycles. The van der Waals surface area contributed by atoms with Crippen molar-refractivity contribution in [3.63, 3.8) is 0 Å². The van der Waals surface area contributed by atoms with Gasteiger partial charge in [0.15, 0.2) is 0 Å². The maximum Gasteiger partial charge on any atom is 0.364 e. The number of halogens is 1. The summed E-state index contributed by atoms with van der Waals surface area (Å²) in [6, 6.07) is 5.53. The lowest BCUT2D eigenvalue weighted by Crippen LogP contribution is -1.93. The van der Waals surface area contributed by atoms with Crippen molar-refractivity contribution in [1.82, 2.24) is 0 Å². The molecule has 0 radical (unpaired) electrons. The summed E-state index contributed by atoms with van der Waals surface area (Å²) in [5, 5.41) is 17.1. The average molecular weight is 182 g/mol. The van der Waals surface area contributed by atoms with Crippen LogP contribution in [0.1, 0.15) is 5.56 Å². The Balaban J connectivity index is 2.92. The third-order valence-corrected chi connectivity index (χ3v) is 1.39. The standard InChI is InChI=1S/C9H7FO3/c10-8(9(12)13)5-6-1-3-7(11)4-2-6/h1-5,11H,(H,12,13)/b8-5-. The fourth-order valence-electron chi connectivity index (χ4n) is 0.779. The summed E-state index contributed by atoms with van der Waals surface area (Å²) in [6.45, 7) is 0. The number of benzene rings is 1. The molecule has 0 aromatic heterocycles. The Morgan fingerprint density at radius 1 is 1.31 bits per heavy atom. The van der Waals surface area contributed by atoms with Gasteiger partial charge in [-0.15, -0.1) is 0 Å². The third kappa shape index (κ3) is 2.59. The highest BCUT2D eigenvalue weighted by Gasteiger charge is 2.04. The first-order chi connectivity index (χ1) is 6.09. The molecule has 3 nitrogen and oxygen atoms in total. The number of aliphatic carboxylic acids is 1. The van der Waals surface area contributed by atoms with Crippen molar-refractivity contribution in [1.29, 1.82) is 0 Å². The van der Waals surface area contributed by atoms with Gasteiger partial charge < -0.3 is 10.2 Å².